The Labute approximate surface area is 168 Å². The number of benzene rings is 3. The minimum absolute atomic E-state index is 0.0103. The van der Waals surface area contributed by atoms with E-state index in [-0.39, 0.29) is 11.2 Å². The van der Waals surface area contributed by atoms with E-state index in [1.807, 2.05) is 30.3 Å². The lowest BCUT2D eigenvalue weighted by Crippen LogP contribution is -2.13. The summed E-state index contributed by atoms with van der Waals surface area (Å²) in [4.78, 5) is 0. The van der Waals surface area contributed by atoms with Crippen LogP contribution in [-0.4, -0.2) is 0 Å². The molecule has 1 nitrogen and oxygen atoms in total. The number of rotatable bonds is 5. The van der Waals surface area contributed by atoms with Crippen molar-refractivity contribution in [2.75, 3.05) is 0 Å². The predicted molar refractivity (Wildman–Crippen MR) is 115 cm³/mol. The quantitative estimate of drug-likeness (QED) is 0.448. The lowest BCUT2D eigenvalue weighted by atomic mass is 9.82. The molecule has 0 spiro atoms. The van der Waals surface area contributed by atoms with E-state index in [1.54, 1.807) is 0 Å². The summed E-state index contributed by atoms with van der Waals surface area (Å²) in [5, 5.41) is 0. The van der Waals surface area contributed by atoms with Gasteiger partial charge in [0.2, 0.25) is 0 Å². The minimum atomic E-state index is -0.230. The second-order valence-corrected chi connectivity index (χ2v) is 8.63. The Kier molecular flexibility index (Phi) is 5.88. The standard InChI is InChI=1S/C26H29FO/c1-18(2)23-15-21(26(3,4)5)16-24(20-11-13-22(27)14-12-20)25(23)28-17-19-9-7-6-8-10-19/h6-16,18H,17H2,1-5H3. The van der Waals surface area contributed by atoms with E-state index in [0.29, 0.717) is 12.5 Å². The monoisotopic (exact) mass is 376 g/mol. The van der Waals surface area contributed by atoms with Crippen molar-refractivity contribution >= 4 is 0 Å². The van der Waals surface area contributed by atoms with Crippen LogP contribution in [0.1, 0.15) is 57.2 Å². The predicted octanol–water partition coefficient (Wildman–Crippen LogP) is 7.49. The highest BCUT2D eigenvalue weighted by Gasteiger charge is 2.22. The van der Waals surface area contributed by atoms with Crippen LogP contribution in [0.3, 0.4) is 0 Å². The van der Waals surface area contributed by atoms with E-state index in [2.05, 4.69) is 58.9 Å². The Morgan fingerprint density at radius 1 is 0.893 bits per heavy atom. The van der Waals surface area contributed by atoms with E-state index < -0.39 is 0 Å². The average Bonchev–Trinajstić information content (AvgIpc) is 2.66. The van der Waals surface area contributed by atoms with Gasteiger partial charge in [-0.05, 0) is 51.8 Å². The molecule has 3 aromatic carbocycles. The maximum Gasteiger partial charge on any atom is 0.131 e. The lowest BCUT2D eigenvalue weighted by Gasteiger charge is -2.25. The lowest BCUT2D eigenvalue weighted by molar-refractivity contribution is 0.303. The van der Waals surface area contributed by atoms with Gasteiger partial charge in [-0.3, -0.25) is 0 Å². The summed E-state index contributed by atoms with van der Waals surface area (Å²) < 4.78 is 19.9. The van der Waals surface area contributed by atoms with E-state index in [0.717, 1.165) is 22.4 Å². The van der Waals surface area contributed by atoms with Crippen LogP contribution in [0.5, 0.6) is 5.75 Å². The molecule has 0 bridgehead atoms. The van der Waals surface area contributed by atoms with Crippen LogP contribution < -0.4 is 4.74 Å². The molecule has 3 rings (SSSR count). The van der Waals surface area contributed by atoms with Gasteiger partial charge < -0.3 is 4.74 Å². The van der Waals surface area contributed by atoms with Crippen LogP contribution in [0.15, 0.2) is 66.7 Å². The summed E-state index contributed by atoms with van der Waals surface area (Å²) in [6.45, 7) is 11.5. The van der Waals surface area contributed by atoms with Gasteiger partial charge in [0, 0.05) is 5.56 Å². The third kappa shape index (κ3) is 4.62. The van der Waals surface area contributed by atoms with Crippen molar-refractivity contribution in [2.24, 2.45) is 0 Å². The van der Waals surface area contributed by atoms with E-state index in [4.69, 9.17) is 4.74 Å². The molecule has 0 atom stereocenters. The molecule has 28 heavy (non-hydrogen) atoms. The van der Waals surface area contributed by atoms with Gasteiger partial charge in [0.1, 0.15) is 18.2 Å². The Morgan fingerprint density at radius 3 is 2.11 bits per heavy atom. The number of hydrogen-bond donors (Lipinski definition) is 0. The Morgan fingerprint density at radius 2 is 1.54 bits per heavy atom. The molecule has 0 aliphatic heterocycles. The highest BCUT2D eigenvalue weighted by molar-refractivity contribution is 5.74. The first-order valence-electron chi connectivity index (χ1n) is 9.87. The summed E-state index contributed by atoms with van der Waals surface area (Å²) in [7, 11) is 0. The SMILES string of the molecule is CC(C)c1cc(C(C)(C)C)cc(-c2ccc(F)cc2)c1OCc1ccccc1. The maximum atomic E-state index is 13.5. The second-order valence-electron chi connectivity index (χ2n) is 8.63. The van der Waals surface area contributed by atoms with Crippen molar-refractivity contribution in [1.82, 2.24) is 0 Å². The summed E-state index contributed by atoms with van der Waals surface area (Å²) in [6, 6.07) is 21.3. The van der Waals surface area contributed by atoms with Gasteiger partial charge in [-0.2, -0.15) is 0 Å². The molecule has 0 saturated heterocycles. The minimum Gasteiger partial charge on any atom is -0.488 e. The molecule has 0 heterocycles. The molecule has 0 amide bonds. The number of hydrogen-bond acceptors (Lipinski definition) is 1. The van der Waals surface area contributed by atoms with Crippen LogP contribution in [0, 0.1) is 5.82 Å². The molecule has 2 heteroatoms. The first-order valence-corrected chi connectivity index (χ1v) is 9.87. The fourth-order valence-corrected chi connectivity index (χ4v) is 3.25. The van der Waals surface area contributed by atoms with Crippen molar-refractivity contribution in [3.8, 4) is 16.9 Å². The molecule has 0 N–H and O–H groups in total. The summed E-state index contributed by atoms with van der Waals surface area (Å²) in [5.74, 6) is 0.970. The molecule has 3 aromatic rings. The summed E-state index contributed by atoms with van der Waals surface area (Å²) in [5.41, 5.74) is 5.56. The van der Waals surface area contributed by atoms with Crippen LogP contribution in [0.25, 0.3) is 11.1 Å². The molecule has 0 aliphatic carbocycles. The zero-order valence-corrected chi connectivity index (χ0v) is 17.4. The number of ether oxygens (including phenoxy) is 1. The molecule has 0 unspecified atom stereocenters. The zero-order valence-electron chi connectivity index (χ0n) is 17.4. The first kappa shape index (κ1) is 20.1. The molecule has 146 valence electrons. The van der Waals surface area contributed by atoms with E-state index in [9.17, 15) is 4.39 Å². The molecule has 0 fully saturated rings. The van der Waals surface area contributed by atoms with Crippen LogP contribution in [0.2, 0.25) is 0 Å². The van der Waals surface area contributed by atoms with Crippen LogP contribution >= 0.6 is 0 Å². The van der Waals surface area contributed by atoms with E-state index >= 15 is 0 Å². The van der Waals surface area contributed by atoms with Crippen molar-refractivity contribution in [2.45, 2.75) is 52.6 Å². The normalized spacial score (nSPS) is 11.7. The van der Waals surface area contributed by atoms with Gasteiger partial charge in [0.25, 0.3) is 0 Å². The van der Waals surface area contributed by atoms with Crippen molar-refractivity contribution in [3.05, 3.63) is 89.2 Å². The zero-order chi connectivity index (χ0) is 20.3. The van der Waals surface area contributed by atoms with Crippen molar-refractivity contribution in [1.29, 1.82) is 0 Å². The molecule has 0 aliphatic rings. The maximum absolute atomic E-state index is 13.5. The second kappa shape index (κ2) is 8.18. The third-order valence-corrected chi connectivity index (χ3v) is 4.99. The number of halogens is 1. The van der Waals surface area contributed by atoms with Gasteiger partial charge in [-0.25, -0.2) is 4.39 Å². The van der Waals surface area contributed by atoms with Crippen LogP contribution in [0.4, 0.5) is 4.39 Å². The molecule has 0 saturated carbocycles. The van der Waals surface area contributed by atoms with Crippen molar-refractivity contribution < 1.29 is 9.13 Å². The Hall–Kier alpha value is -2.61. The summed E-state index contributed by atoms with van der Waals surface area (Å²) in [6.07, 6.45) is 0. The van der Waals surface area contributed by atoms with Gasteiger partial charge >= 0.3 is 0 Å². The Balaban J connectivity index is 2.14. The van der Waals surface area contributed by atoms with Gasteiger partial charge in [-0.1, -0.05) is 83.1 Å². The molecule has 0 radical (unpaired) electrons. The van der Waals surface area contributed by atoms with Crippen LogP contribution in [-0.2, 0) is 12.0 Å². The summed E-state index contributed by atoms with van der Waals surface area (Å²) >= 11 is 0. The van der Waals surface area contributed by atoms with Gasteiger partial charge in [0.05, 0.1) is 0 Å². The average molecular weight is 377 g/mol. The molecular formula is C26H29FO. The molecule has 0 aromatic heterocycles. The van der Waals surface area contributed by atoms with Gasteiger partial charge in [0.15, 0.2) is 0 Å². The first-order chi connectivity index (χ1) is 13.3. The fraction of sp³-hybridized carbons (Fsp3) is 0.308. The van der Waals surface area contributed by atoms with E-state index in [1.165, 1.54) is 23.3 Å². The van der Waals surface area contributed by atoms with Crippen molar-refractivity contribution in [3.63, 3.8) is 0 Å². The topological polar surface area (TPSA) is 9.23 Å². The highest BCUT2D eigenvalue weighted by atomic mass is 19.1. The fourth-order valence-electron chi connectivity index (χ4n) is 3.25. The smallest absolute Gasteiger partial charge is 0.131 e. The Bertz CT molecular complexity index is 919. The molecular weight excluding hydrogens is 347 g/mol. The van der Waals surface area contributed by atoms with Gasteiger partial charge in [-0.15, -0.1) is 0 Å². The highest BCUT2D eigenvalue weighted by Crippen LogP contribution is 2.41. The largest absolute Gasteiger partial charge is 0.488 e. The third-order valence-electron chi connectivity index (χ3n) is 4.99.